The van der Waals surface area contributed by atoms with Crippen LogP contribution in [0.5, 0.6) is 0 Å². The number of amides is 1. The molecule has 1 atom stereocenters. The van der Waals surface area contributed by atoms with Gasteiger partial charge in [-0.15, -0.1) is 0 Å². The second-order valence-corrected chi connectivity index (χ2v) is 6.67. The summed E-state index contributed by atoms with van der Waals surface area (Å²) in [7, 11) is 0. The minimum Gasteiger partial charge on any atom is -0.444 e. The fourth-order valence-electron chi connectivity index (χ4n) is 2.44. The molecule has 1 unspecified atom stereocenters. The van der Waals surface area contributed by atoms with Crippen LogP contribution in [0.4, 0.5) is 22.6 Å². The van der Waals surface area contributed by atoms with Crippen LogP contribution in [0.3, 0.4) is 0 Å². The van der Waals surface area contributed by atoms with Crippen molar-refractivity contribution in [3.05, 3.63) is 0 Å². The van der Waals surface area contributed by atoms with Gasteiger partial charge in [0.2, 0.25) is 17.8 Å². The minimum absolute atomic E-state index is 0.0944. The molecule has 9 heteroatoms. The number of hydrogen-bond acceptors (Lipinski definition) is 8. The number of nitrogens with two attached hydrogens (primary N) is 2. The number of nitrogens with one attached hydrogen (secondary N) is 1. The number of aromatic nitrogens is 3. The number of nitrogens with zero attached hydrogens (tertiary/aromatic N) is 4. The number of rotatable bonds is 4. The molecule has 0 spiro atoms. The van der Waals surface area contributed by atoms with Crippen molar-refractivity contribution < 1.29 is 9.53 Å². The van der Waals surface area contributed by atoms with Gasteiger partial charge in [0.1, 0.15) is 5.60 Å². The molecule has 1 aliphatic heterocycles. The van der Waals surface area contributed by atoms with E-state index in [0.29, 0.717) is 25.0 Å². The number of carbonyl (C=O) groups excluding carboxylic acids is 1. The van der Waals surface area contributed by atoms with Crippen LogP contribution in [-0.4, -0.2) is 51.2 Å². The van der Waals surface area contributed by atoms with E-state index < -0.39 is 5.60 Å². The standard InChI is InChI=1S/C14H25N7O2/c1-14(2,3)23-13(22)21-7-5-9(8-21)4-6-17-12-19-10(15)18-11(16)20-12/h9H,4-8H2,1-3H3,(H5,15,16,17,18,19,20). The number of likely N-dealkylation sites (tertiary alicyclic amines) is 1. The maximum absolute atomic E-state index is 12.0. The molecule has 0 aliphatic carbocycles. The zero-order valence-corrected chi connectivity index (χ0v) is 13.9. The first kappa shape index (κ1) is 17.0. The number of nitrogen functional groups attached to an aromatic ring is 2. The minimum atomic E-state index is -0.463. The Morgan fingerprint density at radius 3 is 2.57 bits per heavy atom. The van der Waals surface area contributed by atoms with Gasteiger partial charge >= 0.3 is 6.09 Å². The molecule has 1 aromatic rings. The molecule has 2 rings (SSSR count). The highest BCUT2D eigenvalue weighted by atomic mass is 16.6. The van der Waals surface area contributed by atoms with E-state index in [0.717, 1.165) is 19.4 Å². The first-order valence-corrected chi connectivity index (χ1v) is 7.72. The van der Waals surface area contributed by atoms with Crippen LogP contribution >= 0.6 is 0 Å². The van der Waals surface area contributed by atoms with Gasteiger partial charge < -0.3 is 26.4 Å². The molecule has 0 bridgehead atoms. The quantitative estimate of drug-likeness (QED) is 0.750. The van der Waals surface area contributed by atoms with Gasteiger partial charge in [-0.05, 0) is 39.5 Å². The van der Waals surface area contributed by atoms with Crippen LogP contribution in [-0.2, 0) is 4.74 Å². The summed E-state index contributed by atoms with van der Waals surface area (Å²) in [6.07, 6.45) is 1.61. The second-order valence-electron chi connectivity index (χ2n) is 6.67. The first-order valence-electron chi connectivity index (χ1n) is 7.72. The molecular formula is C14H25N7O2. The predicted octanol–water partition coefficient (Wildman–Crippen LogP) is 1.10. The van der Waals surface area contributed by atoms with Crippen molar-refractivity contribution >= 4 is 23.9 Å². The molecule has 23 heavy (non-hydrogen) atoms. The van der Waals surface area contributed by atoms with Crippen LogP contribution in [0.15, 0.2) is 0 Å². The summed E-state index contributed by atoms with van der Waals surface area (Å²) in [6.45, 7) is 7.72. The van der Waals surface area contributed by atoms with Crippen molar-refractivity contribution in [2.45, 2.75) is 39.2 Å². The Kier molecular flexibility index (Phi) is 5.07. The molecule has 1 saturated heterocycles. The highest BCUT2D eigenvalue weighted by molar-refractivity contribution is 5.68. The average Bonchev–Trinajstić information content (AvgIpc) is 2.84. The Morgan fingerprint density at radius 2 is 1.96 bits per heavy atom. The SMILES string of the molecule is CC(C)(C)OC(=O)N1CCC(CCNc2nc(N)nc(N)n2)C1. The zero-order chi connectivity index (χ0) is 17.0. The van der Waals surface area contributed by atoms with Gasteiger partial charge in [-0.1, -0.05) is 0 Å². The Labute approximate surface area is 135 Å². The summed E-state index contributed by atoms with van der Waals surface area (Å²) < 4.78 is 5.39. The van der Waals surface area contributed by atoms with Crippen LogP contribution < -0.4 is 16.8 Å². The second kappa shape index (κ2) is 6.84. The molecule has 2 heterocycles. The molecule has 1 aromatic heterocycles. The van der Waals surface area contributed by atoms with Gasteiger partial charge in [0.25, 0.3) is 0 Å². The third kappa shape index (κ3) is 5.42. The Bertz CT molecular complexity index is 538. The van der Waals surface area contributed by atoms with Crippen molar-refractivity contribution in [3.8, 4) is 0 Å². The lowest BCUT2D eigenvalue weighted by Crippen LogP contribution is -2.35. The van der Waals surface area contributed by atoms with Gasteiger partial charge in [0, 0.05) is 19.6 Å². The number of hydrogen-bond donors (Lipinski definition) is 3. The van der Waals surface area contributed by atoms with E-state index >= 15 is 0 Å². The summed E-state index contributed by atoms with van der Waals surface area (Å²) in [4.78, 5) is 25.4. The van der Waals surface area contributed by atoms with E-state index in [2.05, 4.69) is 20.3 Å². The van der Waals surface area contributed by atoms with Gasteiger partial charge in [-0.2, -0.15) is 15.0 Å². The average molecular weight is 323 g/mol. The topological polar surface area (TPSA) is 132 Å². The number of ether oxygens (including phenoxy) is 1. The van der Waals surface area contributed by atoms with Crippen molar-refractivity contribution in [2.24, 2.45) is 5.92 Å². The predicted molar refractivity (Wildman–Crippen MR) is 87.7 cm³/mol. The van der Waals surface area contributed by atoms with Crippen LogP contribution in [0.25, 0.3) is 0 Å². The Morgan fingerprint density at radius 1 is 1.30 bits per heavy atom. The molecule has 0 radical (unpaired) electrons. The molecule has 0 aromatic carbocycles. The summed E-state index contributed by atoms with van der Waals surface area (Å²) in [5, 5.41) is 3.08. The highest BCUT2D eigenvalue weighted by Crippen LogP contribution is 2.22. The van der Waals surface area contributed by atoms with E-state index in [1.807, 2.05) is 20.8 Å². The van der Waals surface area contributed by atoms with Gasteiger partial charge in [-0.3, -0.25) is 0 Å². The van der Waals surface area contributed by atoms with E-state index in [-0.39, 0.29) is 18.0 Å². The van der Waals surface area contributed by atoms with Gasteiger partial charge in [0.05, 0.1) is 0 Å². The van der Waals surface area contributed by atoms with Crippen molar-refractivity contribution in [2.75, 3.05) is 36.4 Å². The van der Waals surface area contributed by atoms with E-state index in [1.54, 1.807) is 4.90 Å². The Balaban J connectivity index is 1.74. The lowest BCUT2D eigenvalue weighted by molar-refractivity contribution is 0.0288. The Hall–Kier alpha value is -2.32. The third-order valence-corrected chi connectivity index (χ3v) is 3.44. The highest BCUT2D eigenvalue weighted by Gasteiger charge is 2.29. The largest absolute Gasteiger partial charge is 0.444 e. The summed E-state index contributed by atoms with van der Waals surface area (Å²) in [6, 6.07) is 0. The first-order chi connectivity index (χ1) is 10.7. The summed E-state index contributed by atoms with van der Waals surface area (Å²) in [5.41, 5.74) is 10.6. The van der Waals surface area contributed by atoms with E-state index in [4.69, 9.17) is 16.2 Å². The van der Waals surface area contributed by atoms with Crippen LogP contribution in [0.1, 0.15) is 33.6 Å². The smallest absolute Gasteiger partial charge is 0.410 e. The lowest BCUT2D eigenvalue weighted by atomic mass is 10.1. The van der Waals surface area contributed by atoms with Crippen LogP contribution in [0.2, 0.25) is 0 Å². The fourth-order valence-corrected chi connectivity index (χ4v) is 2.44. The molecule has 1 aliphatic rings. The molecule has 9 nitrogen and oxygen atoms in total. The number of carbonyl (C=O) groups is 1. The maximum atomic E-state index is 12.0. The monoisotopic (exact) mass is 323 g/mol. The molecule has 1 amide bonds. The third-order valence-electron chi connectivity index (χ3n) is 3.44. The summed E-state index contributed by atoms with van der Waals surface area (Å²) in [5.74, 6) is 0.984. The van der Waals surface area contributed by atoms with Gasteiger partial charge in [0.15, 0.2) is 0 Å². The van der Waals surface area contributed by atoms with E-state index in [9.17, 15) is 4.79 Å². The molecule has 128 valence electrons. The van der Waals surface area contributed by atoms with Crippen LogP contribution in [0, 0.1) is 5.92 Å². The summed E-state index contributed by atoms with van der Waals surface area (Å²) >= 11 is 0. The molecule has 5 N–H and O–H groups in total. The van der Waals surface area contributed by atoms with Crippen molar-refractivity contribution in [3.63, 3.8) is 0 Å². The van der Waals surface area contributed by atoms with Crippen molar-refractivity contribution in [1.29, 1.82) is 0 Å². The normalized spacial score (nSPS) is 18.0. The fraction of sp³-hybridized carbons (Fsp3) is 0.714. The van der Waals surface area contributed by atoms with Gasteiger partial charge in [-0.25, -0.2) is 4.79 Å². The molecular weight excluding hydrogens is 298 g/mol. The van der Waals surface area contributed by atoms with Crippen molar-refractivity contribution in [1.82, 2.24) is 19.9 Å². The lowest BCUT2D eigenvalue weighted by Gasteiger charge is -2.24. The molecule has 0 saturated carbocycles. The number of anilines is 3. The zero-order valence-electron chi connectivity index (χ0n) is 13.9. The molecule has 1 fully saturated rings. The van der Waals surface area contributed by atoms with E-state index in [1.165, 1.54) is 0 Å². The maximum Gasteiger partial charge on any atom is 0.410 e.